The van der Waals surface area contributed by atoms with Gasteiger partial charge in [0.2, 0.25) is 5.91 Å². The number of primary amides is 1. The zero-order valence-electron chi connectivity index (χ0n) is 12.0. The number of rotatable bonds is 4. The maximum Gasteiger partial charge on any atom is 0.254 e. The van der Waals surface area contributed by atoms with Gasteiger partial charge in [0.25, 0.3) is 5.91 Å². The fourth-order valence-corrected chi connectivity index (χ4v) is 2.59. The lowest BCUT2D eigenvalue weighted by atomic mass is 9.85. The van der Waals surface area contributed by atoms with Crippen molar-refractivity contribution >= 4 is 11.8 Å². The van der Waals surface area contributed by atoms with E-state index in [0.29, 0.717) is 12.0 Å². The Kier molecular flexibility index (Phi) is 4.42. The van der Waals surface area contributed by atoms with Gasteiger partial charge in [-0.05, 0) is 33.1 Å². The lowest BCUT2D eigenvalue weighted by Crippen LogP contribution is -2.41. The Labute approximate surface area is 118 Å². The Hall–Kier alpha value is -1.85. The fourth-order valence-electron chi connectivity index (χ4n) is 2.59. The summed E-state index contributed by atoms with van der Waals surface area (Å²) in [5, 5.41) is 7.13. The molecule has 0 spiro atoms. The lowest BCUT2D eigenvalue weighted by molar-refractivity contribution is -0.122. The lowest BCUT2D eigenvalue weighted by Gasteiger charge is -2.27. The van der Waals surface area contributed by atoms with E-state index in [1.165, 1.54) is 0 Å². The van der Waals surface area contributed by atoms with Crippen LogP contribution in [0, 0.1) is 5.92 Å². The van der Waals surface area contributed by atoms with Gasteiger partial charge in [-0.2, -0.15) is 5.10 Å². The Morgan fingerprint density at radius 2 is 2.20 bits per heavy atom. The molecule has 2 unspecified atom stereocenters. The molecule has 6 heteroatoms. The summed E-state index contributed by atoms with van der Waals surface area (Å²) in [6.07, 6.45) is 6.60. The minimum Gasteiger partial charge on any atom is -0.369 e. The molecule has 2 rings (SSSR count). The van der Waals surface area contributed by atoms with Crippen molar-refractivity contribution in [2.75, 3.05) is 0 Å². The van der Waals surface area contributed by atoms with Crippen LogP contribution in [-0.4, -0.2) is 27.6 Å². The predicted octanol–water partition coefficient (Wildman–Crippen LogP) is 1.24. The van der Waals surface area contributed by atoms with E-state index in [9.17, 15) is 9.59 Å². The second kappa shape index (κ2) is 6.07. The molecule has 2 atom stereocenters. The normalized spacial score (nSPS) is 22.8. The number of carbonyl (C=O) groups excluding carboxylic acids is 2. The number of hydrogen-bond donors (Lipinski definition) is 2. The van der Waals surface area contributed by atoms with Crippen LogP contribution in [0.5, 0.6) is 0 Å². The minimum absolute atomic E-state index is 0.0242. The van der Waals surface area contributed by atoms with E-state index in [1.807, 2.05) is 13.8 Å². The van der Waals surface area contributed by atoms with E-state index < -0.39 is 0 Å². The Morgan fingerprint density at radius 1 is 1.45 bits per heavy atom. The summed E-state index contributed by atoms with van der Waals surface area (Å²) in [7, 11) is 0. The van der Waals surface area contributed by atoms with Crippen molar-refractivity contribution in [3.05, 3.63) is 18.0 Å². The van der Waals surface area contributed by atoms with E-state index >= 15 is 0 Å². The molecule has 0 bridgehead atoms. The molecule has 1 heterocycles. The van der Waals surface area contributed by atoms with Gasteiger partial charge in [-0.3, -0.25) is 14.3 Å². The largest absolute Gasteiger partial charge is 0.369 e. The van der Waals surface area contributed by atoms with Crippen molar-refractivity contribution in [1.82, 2.24) is 15.1 Å². The molecule has 6 nitrogen and oxygen atoms in total. The van der Waals surface area contributed by atoms with Crippen LogP contribution in [0.25, 0.3) is 0 Å². The molecule has 1 aromatic rings. The third kappa shape index (κ3) is 3.37. The summed E-state index contributed by atoms with van der Waals surface area (Å²) < 4.78 is 1.75. The van der Waals surface area contributed by atoms with Crippen LogP contribution in [0.3, 0.4) is 0 Å². The van der Waals surface area contributed by atoms with E-state index in [0.717, 1.165) is 19.3 Å². The number of amides is 2. The Bertz CT molecular complexity index is 495. The summed E-state index contributed by atoms with van der Waals surface area (Å²) in [6.45, 7) is 4.01. The fraction of sp³-hybridized carbons (Fsp3) is 0.643. The number of carbonyl (C=O) groups is 2. The van der Waals surface area contributed by atoms with Gasteiger partial charge in [0.05, 0.1) is 11.8 Å². The number of nitrogens with two attached hydrogens (primary N) is 1. The van der Waals surface area contributed by atoms with E-state index in [-0.39, 0.29) is 29.8 Å². The second-order valence-corrected chi connectivity index (χ2v) is 5.74. The van der Waals surface area contributed by atoms with Gasteiger partial charge in [-0.25, -0.2) is 0 Å². The maximum atomic E-state index is 12.1. The van der Waals surface area contributed by atoms with Crippen LogP contribution < -0.4 is 11.1 Å². The molecular formula is C14H22N4O2. The van der Waals surface area contributed by atoms with Gasteiger partial charge in [-0.1, -0.05) is 6.42 Å². The summed E-state index contributed by atoms with van der Waals surface area (Å²) in [4.78, 5) is 23.4. The maximum absolute atomic E-state index is 12.1. The standard InChI is InChI=1S/C14H22N4O2/c1-9(2)18-8-11(7-16-18)14(20)17-12-5-3-4-10(6-12)13(15)19/h7-10,12H,3-6H2,1-2H3,(H2,15,19)(H,17,20). The van der Waals surface area contributed by atoms with Crippen LogP contribution in [0.15, 0.2) is 12.4 Å². The number of aromatic nitrogens is 2. The van der Waals surface area contributed by atoms with Crippen LogP contribution in [0.1, 0.15) is 55.9 Å². The molecule has 1 fully saturated rings. The predicted molar refractivity (Wildman–Crippen MR) is 75.0 cm³/mol. The number of nitrogens with one attached hydrogen (secondary N) is 1. The number of nitrogens with zero attached hydrogens (tertiary/aromatic N) is 2. The van der Waals surface area contributed by atoms with Gasteiger partial charge in [0.15, 0.2) is 0 Å². The SMILES string of the molecule is CC(C)n1cc(C(=O)NC2CCCC(C(N)=O)C2)cn1. The van der Waals surface area contributed by atoms with Gasteiger partial charge < -0.3 is 11.1 Å². The summed E-state index contributed by atoms with van der Waals surface area (Å²) in [6, 6.07) is 0.252. The summed E-state index contributed by atoms with van der Waals surface area (Å²) in [5.74, 6) is -0.518. The van der Waals surface area contributed by atoms with Gasteiger partial charge >= 0.3 is 0 Å². The molecule has 110 valence electrons. The van der Waals surface area contributed by atoms with E-state index in [2.05, 4.69) is 10.4 Å². The first kappa shape index (κ1) is 14.6. The average molecular weight is 278 g/mol. The molecule has 1 aromatic heterocycles. The first-order chi connectivity index (χ1) is 9.47. The zero-order valence-corrected chi connectivity index (χ0v) is 12.0. The van der Waals surface area contributed by atoms with E-state index in [1.54, 1.807) is 17.1 Å². The van der Waals surface area contributed by atoms with Gasteiger partial charge in [0, 0.05) is 24.2 Å². The molecule has 1 saturated carbocycles. The minimum atomic E-state index is -0.267. The molecule has 0 aromatic carbocycles. The van der Waals surface area contributed by atoms with Crippen molar-refractivity contribution in [3.63, 3.8) is 0 Å². The third-order valence-electron chi connectivity index (χ3n) is 3.80. The van der Waals surface area contributed by atoms with Gasteiger partial charge in [0.1, 0.15) is 0 Å². The summed E-state index contributed by atoms with van der Waals surface area (Å²) in [5.41, 5.74) is 5.90. The Morgan fingerprint density at radius 3 is 2.80 bits per heavy atom. The molecule has 0 radical (unpaired) electrons. The zero-order chi connectivity index (χ0) is 14.7. The van der Waals surface area contributed by atoms with Crippen molar-refractivity contribution in [2.45, 2.75) is 51.6 Å². The highest BCUT2D eigenvalue weighted by Gasteiger charge is 2.27. The molecule has 20 heavy (non-hydrogen) atoms. The van der Waals surface area contributed by atoms with Crippen LogP contribution in [0.4, 0.5) is 0 Å². The highest BCUT2D eigenvalue weighted by molar-refractivity contribution is 5.93. The molecule has 1 aliphatic rings. The summed E-state index contributed by atoms with van der Waals surface area (Å²) >= 11 is 0. The molecule has 1 aliphatic carbocycles. The van der Waals surface area contributed by atoms with Crippen LogP contribution in [-0.2, 0) is 4.79 Å². The highest BCUT2D eigenvalue weighted by Crippen LogP contribution is 2.24. The molecule has 0 saturated heterocycles. The van der Waals surface area contributed by atoms with Crippen molar-refractivity contribution in [3.8, 4) is 0 Å². The van der Waals surface area contributed by atoms with Crippen molar-refractivity contribution in [1.29, 1.82) is 0 Å². The smallest absolute Gasteiger partial charge is 0.254 e. The monoisotopic (exact) mass is 278 g/mol. The second-order valence-electron chi connectivity index (χ2n) is 5.74. The Balaban J connectivity index is 1.95. The van der Waals surface area contributed by atoms with Crippen molar-refractivity contribution < 1.29 is 9.59 Å². The highest BCUT2D eigenvalue weighted by atomic mass is 16.2. The molecule has 2 amide bonds. The third-order valence-corrected chi connectivity index (χ3v) is 3.80. The molecule has 0 aliphatic heterocycles. The van der Waals surface area contributed by atoms with Crippen LogP contribution >= 0.6 is 0 Å². The quantitative estimate of drug-likeness (QED) is 0.868. The van der Waals surface area contributed by atoms with Gasteiger partial charge in [-0.15, -0.1) is 0 Å². The average Bonchev–Trinajstić information content (AvgIpc) is 2.88. The molecule has 3 N–H and O–H groups in total. The number of hydrogen-bond acceptors (Lipinski definition) is 3. The molecular weight excluding hydrogens is 256 g/mol. The topological polar surface area (TPSA) is 90.0 Å². The first-order valence-electron chi connectivity index (χ1n) is 7.11. The van der Waals surface area contributed by atoms with E-state index in [4.69, 9.17) is 5.73 Å². The first-order valence-corrected chi connectivity index (χ1v) is 7.11. The van der Waals surface area contributed by atoms with Crippen LogP contribution in [0.2, 0.25) is 0 Å². The van der Waals surface area contributed by atoms with Crippen molar-refractivity contribution in [2.24, 2.45) is 11.7 Å².